The average molecular weight is 362 g/mol. The van der Waals surface area contributed by atoms with Gasteiger partial charge in [0.05, 0.1) is 11.3 Å². The Labute approximate surface area is 150 Å². The highest BCUT2D eigenvalue weighted by atomic mass is 19.3. The number of halogens is 2. The van der Waals surface area contributed by atoms with Crippen molar-refractivity contribution in [2.24, 2.45) is 0 Å². The lowest BCUT2D eigenvalue weighted by Crippen LogP contribution is -2.32. The van der Waals surface area contributed by atoms with Crippen LogP contribution in [0.4, 0.5) is 14.5 Å². The number of hydrogen-bond acceptors (Lipinski definition) is 4. The van der Waals surface area contributed by atoms with Crippen LogP contribution in [0.15, 0.2) is 48.5 Å². The standard InChI is InChI=1S/C19H20F2N2O3/c20-19(21)26-17-7-2-1-6-16(17)23-9-8-15(12-23)22-11-13-4-3-5-14(10-13)18(24)25/h1-7,10,15,19,22H,8-9,11-12H2,(H,24,25). The minimum absolute atomic E-state index is 0.178. The number of hydrogen-bond donors (Lipinski definition) is 2. The van der Waals surface area contributed by atoms with Gasteiger partial charge in [0.2, 0.25) is 0 Å². The van der Waals surface area contributed by atoms with Crippen LogP contribution in [0.3, 0.4) is 0 Å². The average Bonchev–Trinajstić information content (AvgIpc) is 3.09. The zero-order chi connectivity index (χ0) is 18.5. The number of ether oxygens (including phenoxy) is 1. The van der Waals surface area contributed by atoms with E-state index in [0.717, 1.165) is 18.5 Å². The minimum Gasteiger partial charge on any atom is -0.478 e. The van der Waals surface area contributed by atoms with E-state index >= 15 is 0 Å². The zero-order valence-electron chi connectivity index (χ0n) is 14.1. The Morgan fingerprint density at radius 1 is 1.27 bits per heavy atom. The molecule has 26 heavy (non-hydrogen) atoms. The van der Waals surface area contributed by atoms with Crippen molar-refractivity contribution >= 4 is 11.7 Å². The summed E-state index contributed by atoms with van der Waals surface area (Å²) in [6.07, 6.45) is 0.863. The van der Waals surface area contributed by atoms with Crippen LogP contribution in [0.5, 0.6) is 5.75 Å². The molecule has 2 N–H and O–H groups in total. The van der Waals surface area contributed by atoms with Gasteiger partial charge in [0.25, 0.3) is 0 Å². The largest absolute Gasteiger partial charge is 0.478 e. The van der Waals surface area contributed by atoms with E-state index in [1.165, 1.54) is 0 Å². The fourth-order valence-corrected chi connectivity index (χ4v) is 3.14. The van der Waals surface area contributed by atoms with Crippen molar-refractivity contribution in [1.29, 1.82) is 0 Å². The predicted molar refractivity (Wildman–Crippen MR) is 93.9 cm³/mol. The van der Waals surface area contributed by atoms with E-state index in [4.69, 9.17) is 5.11 Å². The van der Waals surface area contributed by atoms with Gasteiger partial charge in [-0.05, 0) is 36.2 Å². The fourth-order valence-electron chi connectivity index (χ4n) is 3.14. The molecule has 0 aromatic heterocycles. The monoisotopic (exact) mass is 362 g/mol. The van der Waals surface area contributed by atoms with Gasteiger partial charge in [0.15, 0.2) is 0 Å². The van der Waals surface area contributed by atoms with E-state index < -0.39 is 12.6 Å². The number of carboxylic acid groups (broad SMARTS) is 1. The summed E-state index contributed by atoms with van der Waals surface area (Å²) in [6.45, 7) is -0.901. The number of benzene rings is 2. The first kappa shape index (κ1) is 18.1. The van der Waals surface area contributed by atoms with Crippen LogP contribution in [0.25, 0.3) is 0 Å². The smallest absolute Gasteiger partial charge is 0.387 e. The fraction of sp³-hybridized carbons (Fsp3) is 0.316. The van der Waals surface area contributed by atoms with Crippen molar-refractivity contribution in [3.05, 3.63) is 59.7 Å². The Morgan fingerprint density at radius 3 is 2.85 bits per heavy atom. The van der Waals surface area contributed by atoms with Crippen molar-refractivity contribution in [1.82, 2.24) is 5.32 Å². The lowest BCUT2D eigenvalue weighted by Gasteiger charge is -2.22. The molecule has 1 atom stereocenters. The molecule has 7 heteroatoms. The predicted octanol–water partition coefficient (Wildman–Crippen LogP) is 3.35. The number of alkyl halides is 2. The summed E-state index contributed by atoms with van der Waals surface area (Å²) >= 11 is 0. The molecule has 1 heterocycles. The number of nitrogens with zero attached hydrogens (tertiary/aromatic N) is 1. The van der Waals surface area contributed by atoms with Crippen molar-refractivity contribution in [3.8, 4) is 5.75 Å². The molecule has 0 aliphatic carbocycles. The molecule has 0 saturated carbocycles. The number of carboxylic acids is 1. The number of para-hydroxylation sites is 2. The summed E-state index contributed by atoms with van der Waals surface area (Å²) in [6, 6.07) is 13.8. The third-order valence-corrected chi connectivity index (χ3v) is 4.38. The summed E-state index contributed by atoms with van der Waals surface area (Å²) in [7, 11) is 0. The van der Waals surface area contributed by atoms with Crippen molar-refractivity contribution in [2.45, 2.75) is 25.6 Å². The highest BCUT2D eigenvalue weighted by Crippen LogP contribution is 2.31. The minimum atomic E-state index is -2.85. The maximum atomic E-state index is 12.6. The van der Waals surface area contributed by atoms with Crippen LogP contribution in [0.1, 0.15) is 22.3 Å². The first-order valence-corrected chi connectivity index (χ1v) is 8.37. The number of nitrogens with one attached hydrogen (secondary N) is 1. The van der Waals surface area contributed by atoms with E-state index in [-0.39, 0.29) is 17.4 Å². The second-order valence-electron chi connectivity index (χ2n) is 6.16. The third-order valence-electron chi connectivity index (χ3n) is 4.38. The van der Waals surface area contributed by atoms with Crippen molar-refractivity contribution < 1.29 is 23.4 Å². The van der Waals surface area contributed by atoms with Crippen molar-refractivity contribution in [3.63, 3.8) is 0 Å². The summed E-state index contributed by atoms with van der Waals surface area (Å²) < 4.78 is 29.7. The molecular formula is C19H20F2N2O3. The number of carbonyl (C=O) groups is 1. The van der Waals surface area contributed by atoms with E-state index in [0.29, 0.717) is 18.8 Å². The maximum absolute atomic E-state index is 12.6. The highest BCUT2D eigenvalue weighted by molar-refractivity contribution is 5.87. The topological polar surface area (TPSA) is 61.8 Å². The molecule has 138 valence electrons. The maximum Gasteiger partial charge on any atom is 0.387 e. The molecule has 1 fully saturated rings. The molecule has 2 aromatic carbocycles. The van der Waals surface area contributed by atoms with Gasteiger partial charge in [-0.15, -0.1) is 0 Å². The normalized spacial score (nSPS) is 16.9. The van der Waals surface area contributed by atoms with Gasteiger partial charge in [0, 0.05) is 25.7 Å². The molecule has 2 aromatic rings. The number of anilines is 1. The van der Waals surface area contributed by atoms with Crippen molar-refractivity contribution in [2.75, 3.05) is 18.0 Å². The van der Waals surface area contributed by atoms with Crippen LogP contribution in [-0.4, -0.2) is 36.8 Å². The second kappa shape index (κ2) is 8.14. The number of aromatic carboxylic acids is 1. The summed E-state index contributed by atoms with van der Waals surface area (Å²) in [5.74, 6) is -0.771. The van der Waals surface area contributed by atoms with Crippen LogP contribution in [0, 0.1) is 0 Å². The first-order valence-electron chi connectivity index (χ1n) is 8.37. The molecule has 0 spiro atoms. The van der Waals surface area contributed by atoms with Gasteiger partial charge >= 0.3 is 12.6 Å². The molecule has 1 aliphatic rings. The van der Waals surface area contributed by atoms with E-state index in [1.54, 1.807) is 42.5 Å². The number of rotatable bonds is 7. The molecule has 0 amide bonds. The van der Waals surface area contributed by atoms with Crippen LogP contribution < -0.4 is 15.0 Å². The second-order valence-corrected chi connectivity index (χ2v) is 6.16. The quantitative estimate of drug-likeness (QED) is 0.791. The SMILES string of the molecule is O=C(O)c1cccc(CNC2CCN(c3ccccc3OC(F)F)C2)c1. The summed E-state index contributed by atoms with van der Waals surface area (Å²) in [4.78, 5) is 13.0. The molecule has 0 bridgehead atoms. The van der Waals surface area contributed by atoms with E-state index in [1.807, 2.05) is 11.0 Å². The van der Waals surface area contributed by atoms with Gasteiger partial charge in [-0.2, -0.15) is 8.78 Å². The molecule has 3 rings (SSSR count). The Morgan fingerprint density at radius 2 is 2.08 bits per heavy atom. The summed E-state index contributed by atoms with van der Waals surface area (Å²) in [5.41, 5.74) is 1.81. The van der Waals surface area contributed by atoms with Crippen LogP contribution in [0.2, 0.25) is 0 Å². The van der Waals surface area contributed by atoms with Gasteiger partial charge in [-0.25, -0.2) is 4.79 Å². The lowest BCUT2D eigenvalue weighted by atomic mass is 10.1. The summed E-state index contributed by atoms with van der Waals surface area (Å²) in [5, 5.41) is 12.4. The third kappa shape index (κ3) is 4.49. The molecule has 5 nitrogen and oxygen atoms in total. The highest BCUT2D eigenvalue weighted by Gasteiger charge is 2.25. The Bertz CT molecular complexity index is 770. The Hall–Kier alpha value is -2.67. The van der Waals surface area contributed by atoms with E-state index in [9.17, 15) is 13.6 Å². The lowest BCUT2D eigenvalue weighted by molar-refractivity contribution is -0.0495. The van der Waals surface area contributed by atoms with Crippen LogP contribution in [-0.2, 0) is 6.54 Å². The Balaban J connectivity index is 1.59. The van der Waals surface area contributed by atoms with Gasteiger partial charge in [0.1, 0.15) is 5.75 Å². The van der Waals surface area contributed by atoms with Gasteiger partial charge < -0.3 is 20.1 Å². The molecule has 1 aliphatic heterocycles. The zero-order valence-corrected chi connectivity index (χ0v) is 14.1. The van der Waals surface area contributed by atoms with E-state index in [2.05, 4.69) is 10.1 Å². The molecule has 0 radical (unpaired) electrons. The van der Waals surface area contributed by atoms with Gasteiger partial charge in [-0.1, -0.05) is 24.3 Å². The molecule has 1 saturated heterocycles. The first-order chi connectivity index (χ1) is 12.5. The van der Waals surface area contributed by atoms with Gasteiger partial charge in [-0.3, -0.25) is 0 Å². The Kier molecular flexibility index (Phi) is 5.68. The molecule has 1 unspecified atom stereocenters. The molecular weight excluding hydrogens is 342 g/mol. The van der Waals surface area contributed by atoms with Crippen LogP contribution >= 0.6 is 0 Å².